The summed E-state index contributed by atoms with van der Waals surface area (Å²) in [4.78, 5) is 0. The lowest BCUT2D eigenvalue weighted by molar-refractivity contribution is 0.262. The lowest BCUT2D eigenvalue weighted by Gasteiger charge is -2.30. The molecule has 1 nitrogen and oxygen atoms in total. The van der Waals surface area contributed by atoms with Gasteiger partial charge in [-0.15, -0.1) is 0 Å². The van der Waals surface area contributed by atoms with Gasteiger partial charge in [-0.3, -0.25) is 0 Å². The van der Waals surface area contributed by atoms with Crippen LogP contribution in [0.2, 0.25) is 0 Å². The topological polar surface area (TPSA) is 12.0 Å². The van der Waals surface area contributed by atoms with Gasteiger partial charge in [-0.05, 0) is 42.7 Å². The van der Waals surface area contributed by atoms with E-state index in [2.05, 4.69) is 43.4 Å². The van der Waals surface area contributed by atoms with Crippen LogP contribution in [-0.4, -0.2) is 6.04 Å². The van der Waals surface area contributed by atoms with Gasteiger partial charge in [0, 0.05) is 12.6 Å². The predicted octanol–water partition coefficient (Wildman–Crippen LogP) is 4.70. The van der Waals surface area contributed by atoms with Gasteiger partial charge in [0.2, 0.25) is 0 Å². The van der Waals surface area contributed by atoms with Gasteiger partial charge in [-0.1, -0.05) is 57.4 Å². The summed E-state index contributed by atoms with van der Waals surface area (Å²) in [6, 6.07) is 9.79. The molecule has 0 radical (unpaired) electrons. The first-order chi connectivity index (χ1) is 9.33. The van der Waals surface area contributed by atoms with Crippen molar-refractivity contribution in [1.29, 1.82) is 0 Å². The van der Waals surface area contributed by atoms with E-state index in [1.54, 1.807) is 0 Å². The van der Waals surface area contributed by atoms with Crippen LogP contribution in [-0.2, 0) is 13.0 Å². The van der Waals surface area contributed by atoms with Gasteiger partial charge in [-0.25, -0.2) is 0 Å². The summed E-state index contributed by atoms with van der Waals surface area (Å²) in [5.41, 5.74) is 2.86. The van der Waals surface area contributed by atoms with E-state index in [4.69, 9.17) is 0 Å². The van der Waals surface area contributed by atoms with Gasteiger partial charge < -0.3 is 5.32 Å². The Morgan fingerprint density at radius 3 is 2.21 bits per heavy atom. The second-order valence-electron chi connectivity index (χ2n) is 5.96. The van der Waals surface area contributed by atoms with E-state index in [-0.39, 0.29) is 0 Å². The minimum absolute atomic E-state index is 0.714. The third-order valence-electron chi connectivity index (χ3n) is 4.66. The van der Waals surface area contributed by atoms with Crippen LogP contribution in [0.3, 0.4) is 0 Å². The molecule has 2 rings (SSSR count). The molecule has 0 aliphatic heterocycles. The first-order valence-electron chi connectivity index (χ1n) is 8.14. The van der Waals surface area contributed by atoms with E-state index in [1.165, 1.54) is 49.7 Å². The highest BCUT2D eigenvalue weighted by molar-refractivity contribution is 5.22. The highest BCUT2D eigenvalue weighted by Crippen LogP contribution is 2.27. The zero-order valence-corrected chi connectivity index (χ0v) is 12.6. The quantitative estimate of drug-likeness (QED) is 0.781. The van der Waals surface area contributed by atoms with E-state index in [0.29, 0.717) is 6.04 Å². The molecule has 0 spiro atoms. The van der Waals surface area contributed by atoms with E-state index >= 15 is 0 Å². The third kappa shape index (κ3) is 4.35. The Hall–Kier alpha value is -0.820. The Morgan fingerprint density at radius 1 is 1.00 bits per heavy atom. The second kappa shape index (κ2) is 7.69. The number of hydrogen-bond donors (Lipinski definition) is 1. The highest BCUT2D eigenvalue weighted by atomic mass is 14.9. The summed E-state index contributed by atoms with van der Waals surface area (Å²) in [7, 11) is 0. The third-order valence-corrected chi connectivity index (χ3v) is 4.66. The maximum atomic E-state index is 3.79. The van der Waals surface area contributed by atoms with Crippen molar-refractivity contribution in [2.24, 2.45) is 5.92 Å². The molecular formula is C18H29N. The van der Waals surface area contributed by atoms with Crippen molar-refractivity contribution in [3.8, 4) is 0 Å². The molecule has 1 aromatic carbocycles. The van der Waals surface area contributed by atoms with Gasteiger partial charge in [0.1, 0.15) is 0 Å². The molecule has 1 atom stereocenters. The molecule has 0 saturated heterocycles. The fourth-order valence-corrected chi connectivity index (χ4v) is 3.32. The molecule has 1 heteroatoms. The number of hydrogen-bond acceptors (Lipinski definition) is 1. The lowest BCUT2D eigenvalue weighted by Crippen LogP contribution is -2.36. The number of benzene rings is 1. The Kier molecular flexibility index (Phi) is 5.91. The van der Waals surface area contributed by atoms with Crippen LogP contribution < -0.4 is 5.32 Å². The van der Waals surface area contributed by atoms with Gasteiger partial charge in [0.15, 0.2) is 0 Å². The first-order valence-corrected chi connectivity index (χ1v) is 8.14. The molecule has 0 bridgehead atoms. The van der Waals surface area contributed by atoms with E-state index in [0.717, 1.165) is 18.9 Å². The van der Waals surface area contributed by atoms with E-state index in [9.17, 15) is 0 Å². The molecule has 0 amide bonds. The van der Waals surface area contributed by atoms with Crippen LogP contribution >= 0.6 is 0 Å². The largest absolute Gasteiger partial charge is 0.310 e. The minimum atomic E-state index is 0.714. The normalized spacial score (nSPS) is 18.4. The zero-order valence-electron chi connectivity index (χ0n) is 12.6. The summed E-state index contributed by atoms with van der Waals surface area (Å²) in [5.74, 6) is 0.911. The van der Waals surface area contributed by atoms with Crippen molar-refractivity contribution in [2.45, 2.75) is 71.4 Å². The van der Waals surface area contributed by atoms with Crippen LogP contribution in [0.4, 0.5) is 0 Å². The number of rotatable bonds is 6. The van der Waals surface area contributed by atoms with Crippen molar-refractivity contribution in [2.75, 3.05) is 0 Å². The van der Waals surface area contributed by atoms with Gasteiger partial charge in [0.25, 0.3) is 0 Å². The van der Waals surface area contributed by atoms with Gasteiger partial charge in [-0.2, -0.15) is 0 Å². The van der Waals surface area contributed by atoms with Gasteiger partial charge >= 0.3 is 0 Å². The van der Waals surface area contributed by atoms with Crippen molar-refractivity contribution in [3.05, 3.63) is 35.4 Å². The standard InChI is InChI=1S/C18H29N/c1-3-15-10-12-16(13-11-15)14-19-18(4-2)17-8-6-5-7-9-17/h10-13,17-19H,3-9,14H2,1-2H3. The fraction of sp³-hybridized carbons (Fsp3) is 0.667. The maximum absolute atomic E-state index is 3.79. The van der Waals surface area contributed by atoms with Crippen molar-refractivity contribution >= 4 is 0 Å². The minimum Gasteiger partial charge on any atom is -0.310 e. The molecule has 0 aromatic heterocycles. The molecule has 0 heterocycles. The van der Waals surface area contributed by atoms with Crippen LogP contribution in [0, 0.1) is 5.92 Å². The van der Waals surface area contributed by atoms with Crippen LogP contribution in [0.1, 0.15) is 63.5 Å². The molecular weight excluding hydrogens is 230 g/mol. The molecule has 1 saturated carbocycles. The smallest absolute Gasteiger partial charge is 0.0208 e. The molecule has 106 valence electrons. The summed E-state index contributed by atoms with van der Waals surface area (Å²) in [6.07, 6.45) is 9.58. The van der Waals surface area contributed by atoms with Crippen LogP contribution in [0.25, 0.3) is 0 Å². The molecule has 19 heavy (non-hydrogen) atoms. The molecule has 1 aliphatic carbocycles. The zero-order chi connectivity index (χ0) is 13.5. The average molecular weight is 259 g/mol. The van der Waals surface area contributed by atoms with Crippen molar-refractivity contribution < 1.29 is 0 Å². The molecule has 1 fully saturated rings. The molecule has 1 aliphatic rings. The summed E-state index contributed by atoms with van der Waals surface area (Å²) in [5, 5.41) is 3.79. The maximum Gasteiger partial charge on any atom is 0.0208 e. The van der Waals surface area contributed by atoms with Crippen molar-refractivity contribution in [3.63, 3.8) is 0 Å². The average Bonchev–Trinajstić information content (AvgIpc) is 2.49. The Balaban J connectivity index is 1.84. The van der Waals surface area contributed by atoms with E-state index in [1.807, 2.05) is 0 Å². The molecule has 1 N–H and O–H groups in total. The van der Waals surface area contributed by atoms with E-state index < -0.39 is 0 Å². The fourth-order valence-electron chi connectivity index (χ4n) is 3.32. The number of aryl methyl sites for hydroxylation is 1. The Labute approximate surface area is 118 Å². The first kappa shape index (κ1) is 14.6. The van der Waals surface area contributed by atoms with Crippen LogP contribution in [0.15, 0.2) is 24.3 Å². The molecule has 1 aromatic rings. The Bertz CT molecular complexity index is 348. The molecule has 1 unspecified atom stereocenters. The Morgan fingerprint density at radius 2 is 1.63 bits per heavy atom. The highest BCUT2D eigenvalue weighted by Gasteiger charge is 2.21. The van der Waals surface area contributed by atoms with Gasteiger partial charge in [0.05, 0.1) is 0 Å². The second-order valence-corrected chi connectivity index (χ2v) is 5.96. The summed E-state index contributed by atoms with van der Waals surface area (Å²) in [6.45, 7) is 5.56. The monoisotopic (exact) mass is 259 g/mol. The lowest BCUT2D eigenvalue weighted by atomic mass is 9.83. The van der Waals surface area contributed by atoms with Crippen LogP contribution in [0.5, 0.6) is 0 Å². The summed E-state index contributed by atoms with van der Waals surface area (Å²) >= 11 is 0. The SMILES string of the molecule is CCc1ccc(CNC(CC)C2CCCCC2)cc1. The predicted molar refractivity (Wildman–Crippen MR) is 83.3 cm³/mol. The summed E-state index contributed by atoms with van der Waals surface area (Å²) < 4.78 is 0. The van der Waals surface area contributed by atoms with Crippen molar-refractivity contribution in [1.82, 2.24) is 5.32 Å². The number of nitrogens with one attached hydrogen (secondary N) is 1.